The fourth-order valence-corrected chi connectivity index (χ4v) is 2.92. The van der Waals surface area contributed by atoms with Gasteiger partial charge in [-0.1, -0.05) is 37.6 Å². The van der Waals surface area contributed by atoms with Gasteiger partial charge in [0.2, 0.25) is 0 Å². The number of amides is 1. The predicted molar refractivity (Wildman–Crippen MR) is 78.6 cm³/mol. The highest BCUT2D eigenvalue weighted by molar-refractivity contribution is 6.09. The Kier molecular flexibility index (Phi) is 3.24. The summed E-state index contributed by atoms with van der Waals surface area (Å²) in [6.07, 6.45) is 4.35. The molecule has 0 radical (unpaired) electrons. The van der Waals surface area contributed by atoms with Crippen LogP contribution in [-0.4, -0.2) is 12.5 Å². The number of carbonyl (C=O) groups excluding carboxylic acids is 1. The van der Waals surface area contributed by atoms with E-state index < -0.39 is 0 Å². The summed E-state index contributed by atoms with van der Waals surface area (Å²) >= 11 is 0. The number of carbonyl (C=O) groups is 1. The Bertz CT molecular complexity index is 620. The number of rotatable bonds is 4. The lowest BCUT2D eigenvalue weighted by Gasteiger charge is -2.09. The molecule has 2 aromatic carbocycles. The third-order valence-corrected chi connectivity index (χ3v) is 3.94. The van der Waals surface area contributed by atoms with E-state index in [1.165, 1.54) is 16.5 Å². The standard InChI is InChI=1S/C17H19NO/c1-2-3-11-18-17(19)15-10-9-13-8-7-12-5-4-6-14(15)16(12)13/h4-6,9-10H,2-3,7-8,11H2,1H3,(H,18,19). The van der Waals surface area contributed by atoms with E-state index in [4.69, 9.17) is 0 Å². The van der Waals surface area contributed by atoms with E-state index in [0.717, 1.165) is 43.2 Å². The maximum absolute atomic E-state index is 12.3. The van der Waals surface area contributed by atoms with E-state index >= 15 is 0 Å². The smallest absolute Gasteiger partial charge is 0.251 e. The van der Waals surface area contributed by atoms with Crippen molar-refractivity contribution in [2.75, 3.05) is 6.54 Å². The first-order valence-corrected chi connectivity index (χ1v) is 7.13. The van der Waals surface area contributed by atoms with E-state index in [9.17, 15) is 4.79 Å². The lowest BCUT2D eigenvalue weighted by Crippen LogP contribution is -2.24. The predicted octanol–water partition coefficient (Wildman–Crippen LogP) is 3.47. The summed E-state index contributed by atoms with van der Waals surface area (Å²) in [4.78, 5) is 12.3. The van der Waals surface area contributed by atoms with Gasteiger partial charge >= 0.3 is 0 Å². The van der Waals surface area contributed by atoms with Gasteiger partial charge in [0.15, 0.2) is 0 Å². The minimum atomic E-state index is 0.0593. The summed E-state index contributed by atoms with van der Waals surface area (Å²) in [5, 5.41) is 5.44. The molecule has 2 aromatic rings. The van der Waals surface area contributed by atoms with E-state index in [2.05, 4.69) is 36.5 Å². The van der Waals surface area contributed by atoms with Crippen LogP contribution in [0, 0.1) is 0 Å². The van der Waals surface area contributed by atoms with Gasteiger partial charge in [0.25, 0.3) is 5.91 Å². The zero-order chi connectivity index (χ0) is 13.2. The molecule has 1 aliphatic carbocycles. The molecule has 0 unspecified atom stereocenters. The fraction of sp³-hybridized carbons (Fsp3) is 0.353. The SMILES string of the molecule is CCCCNC(=O)c1ccc2c3c(cccc13)CC2. The van der Waals surface area contributed by atoms with Crippen LogP contribution in [0.15, 0.2) is 30.3 Å². The van der Waals surface area contributed by atoms with Crippen LogP contribution in [-0.2, 0) is 12.8 Å². The molecule has 0 saturated heterocycles. The van der Waals surface area contributed by atoms with Crippen LogP contribution in [0.3, 0.4) is 0 Å². The second kappa shape index (κ2) is 5.04. The first kappa shape index (κ1) is 12.2. The van der Waals surface area contributed by atoms with Gasteiger partial charge in [0, 0.05) is 12.1 Å². The van der Waals surface area contributed by atoms with Gasteiger partial charge in [-0.05, 0) is 47.2 Å². The highest BCUT2D eigenvalue weighted by Gasteiger charge is 2.18. The highest BCUT2D eigenvalue weighted by atomic mass is 16.1. The molecular weight excluding hydrogens is 234 g/mol. The first-order chi connectivity index (χ1) is 9.31. The molecule has 0 fully saturated rings. The maximum atomic E-state index is 12.3. The zero-order valence-corrected chi connectivity index (χ0v) is 11.3. The van der Waals surface area contributed by atoms with Crippen molar-refractivity contribution < 1.29 is 4.79 Å². The Morgan fingerprint density at radius 1 is 1.16 bits per heavy atom. The van der Waals surface area contributed by atoms with E-state index in [1.807, 2.05) is 6.07 Å². The van der Waals surface area contributed by atoms with E-state index in [1.54, 1.807) is 0 Å². The average Bonchev–Trinajstić information content (AvgIpc) is 2.85. The lowest BCUT2D eigenvalue weighted by atomic mass is 9.99. The van der Waals surface area contributed by atoms with Crippen molar-refractivity contribution >= 4 is 16.7 Å². The molecule has 0 aromatic heterocycles. The Hall–Kier alpha value is -1.83. The third kappa shape index (κ3) is 2.12. The molecule has 19 heavy (non-hydrogen) atoms. The number of benzene rings is 2. The molecule has 2 heteroatoms. The first-order valence-electron chi connectivity index (χ1n) is 7.13. The van der Waals surface area contributed by atoms with Gasteiger partial charge in [-0.15, -0.1) is 0 Å². The molecule has 1 aliphatic rings. The second-order valence-electron chi connectivity index (χ2n) is 5.22. The van der Waals surface area contributed by atoms with Crippen LogP contribution >= 0.6 is 0 Å². The Morgan fingerprint density at radius 3 is 2.74 bits per heavy atom. The quantitative estimate of drug-likeness (QED) is 0.831. The van der Waals surface area contributed by atoms with Crippen molar-refractivity contribution in [3.63, 3.8) is 0 Å². The van der Waals surface area contributed by atoms with Crippen molar-refractivity contribution in [1.29, 1.82) is 0 Å². The summed E-state index contributed by atoms with van der Waals surface area (Å²) in [7, 11) is 0. The Morgan fingerprint density at radius 2 is 1.95 bits per heavy atom. The van der Waals surface area contributed by atoms with Crippen molar-refractivity contribution in [2.24, 2.45) is 0 Å². The third-order valence-electron chi connectivity index (χ3n) is 3.94. The molecule has 3 rings (SSSR count). The lowest BCUT2D eigenvalue weighted by molar-refractivity contribution is 0.0955. The van der Waals surface area contributed by atoms with Crippen LogP contribution in [0.25, 0.3) is 10.8 Å². The normalized spacial score (nSPS) is 12.9. The van der Waals surface area contributed by atoms with Crippen molar-refractivity contribution in [1.82, 2.24) is 5.32 Å². The monoisotopic (exact) mass is 253 g/mol. The molecule has 1 amide bonds. The average molecular weight is 253 g/mol. The fourth-order valence-electron chi connectivity index (χ4n) is 2.92. The van der Waals surface area contributed by atoms with Gasteiger partial charge < -0.3 is 5.32 Å². The second-order valence-corrected chi connectivity index (χ2v) is 5.22. The minimum absolute atomic E-state index is 0.0593. The van der Waals surface area contributed by atoms with Crippen LogP contribution < -0.4 is 5.32 Å². The summed E-state index contributed by atoms with van der Waals surface area (Å²) < 4.78 is 0. The Labute approximate surface area is 113 Å². The summed E-state index contributed by atoms with van der Waals surface area (Å²) in [6.45, 7) is 2.89. The molecule has 0 atom stereocenters. The summed E-state index contributed by atoms with van der Waals surface area (Å²) in [6, 6.07) is 10.4. The van der Waals surface area contributed by atoms with Gasteiger partial charge in [-0.25, -0.2) is 0 Å². The number of nitrogens with one attached hydrogen (secondary N) is 1. The molecule has 0 spiro atoms. The molecular formula is C17H19NO. The van der Waals surface area contributed by atoms with E-state index in [0.29, 0.717) is 0 Å². The molecule has 0 saturated carbocycles. The van der Waals surface area contributed by atoms with Crippen LogP contribution in [0.4, 0.5) is 0 Å². The molecule has 98 valence electrons. The number of hydrogen-bond acceptors (Lipinski definition) is 1. The topological polar surface area (TPSA) is 29.1 Å². The highest BCUT2D eigenvalue weighted by Crippen LogP contribution is 2.32. The van der Waals surface area contributed by atoms with Gasteiger partial charge in [0.05, 0.1) is 0 Å². The van der Waals surface area contributed by atoms with Crippen LogP contribution in [0.5, 0.6) is 0 Å². The molecule has 0 heterocycles. The molecule has 1 N–H and O–H groups in total. The molecule has 0 bridgehead atoms. The maximum Gasteiger partial charge on any atom is 0.251 e. The van der Waals surface area contributed by atoms with Crippen molar-refractivity contribution in [3.8, 4) is 0 Å². The number of unbranched alkanes of at least 4 members (excludes halogenated alkanes) is 1. The minimum Gasteiger partial charge on any atom is -0.352 e. The largest absolute Gasteiger partial charge is 0.352 e. The van der Waals surface area contributed by atoms with Crippen molar-refractivity contribution in [3.05, 3.63) is 47.0 Å². The Balaban J connectivity index is 1.99. The van der Waals surface area contributed by atoms with Gasteiger partial charge in [-0.3, -0.25) is 4.79 Å². The number of hydrogen-bond donors (Lipinski definition) is 1. The molecule has 2 nitrogen and oxygen atoms in total. The number of aryl methyl sites for hydroxylation is 2. The van der Waals surface area contributed by atoms with Crippen molar-refractivity contribution in [2.45, 2.75) is 32.6 Å². The zero-order valence-electron chi connectivity index (χ0n) is 11.3. The molecule has 0 aliphatic heterocycles. The van der Waals surface area contributed by atoms with Gasteiger partial charge in [0.1, 0.15) is 0 Å². The van der Waals surface area contributed by atoms with Crippen LogP contribution in [0.1, 0.15) is 41.3 Å². The van der Waals surface area contributed by atoms with E-state index in [-0.39, 0.29) is 5.91 Å². The van der Waals surface area contributed by atoms with Gasteiger partial charge in [-0.2, -0.15) is 0 Å². The summed E-state index contributed by atoms with van der Waals surface area (Å²) in [5.74, 6) is 0.0593. The summed E-state index contributed by atoms with van der Waals surface area (Å²) in [5.41, 5.74) is 3.59. The van der Waals surface area contributed by atoms with Crippen LogP contribution in [0.2, 0.25) is 0 Å².